The molecule has 0 atom stereocenters. The van der Waals surface area contributed by atoms with Crippen molar-refractivity contribution in [3.63, 3.8) is 0 Å². The topological polar surface area (TPSA) is 35.6 Å². The Bertz CT molecular complexity index is 1090. The van der Waals surface area contributed by atoms with E-state index >= 15 is 0 Å². The molecule has 2 heterocycles. The van der Waals surface area contributed by atoms with E-state index in [2.05, 4.69) is 10.1 Å². The number of aryl methyl sites for hydroxylation is 2. The first-order valence-corrected chi connectivity index (χ1v) is 8.03. The van der Waals surface area contributed by atoms with Gasteiger partial charge in [0, 0.05) is 6.07 Å². The van der Waals surface area contributed by atoms with E-state index in [0.29, 0.717) is 22.7 Å². The molecule has 0 fully saturated rings. The van der Waals surface area contributed by atoms with Gasteiger partial charge in [0.25, 0.3) is 0 Å². The highest BCUT2D eigenvalue weighted by molar-refractivity contribution is 5.78. The Hall–Kier alpha value is -3.09. The third-order valence-corrected chi connectivity index (χ3v) is 4.13. The van der Waals surface area contributed by atoms with Gasteiger partial charge in [0.15, 0.2) is 0 Å². The standard InChI is InChI=1S/C19H15F3N4/c1-12-7-9-14(10-8-12)26-17(11-13(2)24-26)25-16-6-4-3-5-15(16)23-18(25)19(20,21)22/h3-11H,1-2H3. The van der Waals surface area contributed by atoms with Gasteiger partial charge in [-0.3, -0.25) is 4.57 Å². The summed E-state index contributed by atoms with van der Waals surface area (Å²) in [6, 6.07) is 15.6. The Kier molecular flexibility index (Phi) is 3.61. The molecular formula is C19H15F3N4. The summed E-state index contributed by atoms with van der Waals surface area (Å²) in [5, 5.41) is 4.40. The zero-order valence-electron chi connectivity index (χ0n) is 14.1. The smallest absolute Gasteiger partial charge is 0.273 e. The molecule has 0 amide bonds. The summed E-state index contributed by atoms with van der Waals surface area (Å²) in [6.07, 6.45) is -4.59. The molecule has 0 N–H and O–H groups in total. The van der Waals surface area contributed by atoms with Crippen LogP contribution in [-0.2, 0) is 6.18 Å². The van der Waals surface area contributed by atoms with E-state index in [1.165, 1.54) is 4.68 Å². The van der Waals surface area contributed by atoms with E-state index in [1.807, 2.05) is 31.2 Å². The fourth-order valence-corrected chi connectivity index (χ4v) is 2.97. The summed E-state index contributed by atoms with van der Waals surface area (Å²) in [5.41, 5.74) is 3.03. The number of hydrogen-bond donors (Lipinski definition) is 0. The Labute approximate surface area is 147 Å². The molecule has 7 heteroatoms. The number of rotatable bonds is 2. The van der Waals surface area contributed by atoms with Crippen molar-refractivity contribution in [1.82, 2.24) is 19.3 Å². The lowest BCUT2D eigenvalue weighted by Crippen LogP contribution is -2.16. The minimum Gasteiger partial charge on any atom is -0.273 e. The van der Waals surface area contributed by atoms with Gasteiger partial charge >= 0.3 is 6.18 Å². The molecule has 0 radical (unpaired) electrons. The molecule has 0 aliphatic heterocycles. The van der Waals surface area contributed by atoms with E-state index in [0.717, 1.165) is 10.1 Å². The first-order chi connectivity index (χ1) is 12.3. The number of hydrogen-bond acceptors (Lipinski definition) is 2. The number of nitrogens with zero attached hydrogens (tertiary/aromatic N) is 4. The van der Waals surface area contributed by atoms with Crippen molar-refractivity contribution in [3.8, 4) is 11.5 Å². The minimum absolute atomic E-state index is 0.286. The molecule has 2 aromatic heterocycles. The van der Waals surface area contributed by atoms with Crippen LogP contribution in [0.1, 0.15) is 17.1 Å². The number of alkyl halides is 3. The number of aromatic nitrogens is 4. The lowest BCUT2D eigenvalue weighted by Gasteiger charge is -2.13. The van der Waals surface area contributed by atoms with Crippen molar-refractivity contribution in [2.24, 2.45) is 0 Å². The van der Waals surface area contributed by atoms with Crippen LogP contribution in [0.15, 0.2) is 54.6 Å². The summed E-state index contributed by atoms with van der Waals surface area (Å²) in [7, 11) is 0. The van der Waals surface area contributed by atoms with Gasteiger partial charge in [0.2, 0.25) is 5.82 Å². The van der Waals surface area contributed by atoms with Crippen LogP contribution in [0.3, 0.4) is 0 Å². The molecule has 4 aromatic rings. The van der Waals surface area contributed by atoms with Crippen molar-refractivity contribution >= 4 is 11.0 Å². The van der Waals surface area contributed by atoms with Gasteiger partial charge in [-0.15, -0.1) is 0 Å². The lowest BCUT2D eigenvalue weighted by atomic mass is 10.2. The van der Waals surface area contributed by atoms with Crippen molar-refractivity contribution in [2.75, 3.05) is 0 Å². The monoisotopic (exact) mass is 356 g/mol. The molecule has 26 heavy (non-hydrogen) atoms. The third kappa shape index (κ3) is 2.65. The van der Waals surface area contributed by atoms with Gasteiger partial charge in [-0.1, -0.05) is 29.8 Å². The van der Waals surface area contributed by atoms with Crippen LogP contribution in [0.5, 0.6) is 0 Å². The number of benzene rings is 2. The molecular weight excluding hydrogens is 341 g/mol. The Morgan fingerprint density at radius 3 is 2.31 bits per heavy atom. The molecule has 0 saturated heterocycles. The van der Waals surface area contributed by atoms with Crippen LogP contribution >= 0.6 is 0 Å². The quantitative estimate of drug-likeness (QED) is 0.515. The summed E-state index contributed by atoms with van der Waals surface area (Å²) in [6.45, 7) is 3.70. The minimum atomic E-state index is -4.59. The Morgan fingerprint density at radius 2 is 1.62 bits per heavy atom. The van der Waals surface area contributed by atoms with Crippen LogP contribution in [0.25, 0.3) is 22.5 Å². The number of fused-ring (bicyclic) bond motifs is 1. The van der Waals surface area contributed by atoms with Crippen LogP contribution < -0.4 is 0 Å². The first kappa shape index (κ1) is 16.4. The zero-order chi connectivity index (χ0) is 18.5. The second-order valence-electron chi connectivity index (χ2n) is 6.15. The highest BCUT2D eigenvalue weighted by Crippen LogP contribution is 2.34. The predicted octanol–water partition coefficient (Wildman–Crippen LogP) is 4.85. The fourth-order valence-electron chi connectivity index (χ4n) is 2.97. The molecule has 0 aliphatic rings. The second kappa shape index (κ2) is 5.72. The molecule has 0 aliphatic carbocycles. The van der Waals surface area contributed by atoms with E-state index in [9.17, 15) is 13.2 Å². The normalized spacial score (nSPS) is 12.0. The molecule has 132 valence electrons. The summed E-state index contributed by atoms with van der Waals surface area (Å²) in [5.74, 6) is -0.667. The maximum Gasteiger partial charge on any atom is 0.450 e. The summed E-state index contributed by atoms with van der Waals surface area (Å²) in [4.78, 5) is 3.82. The number of halogens is 3. The number of imidazole rings is 1. The highest BCUT2D eigenvalue weighted by atomic mass is 19.4. The lowest BCUT2D eigenvalue weighted by molar-refractivity contribution is -0.145. The molecule has 0 bridgehead atoms. The maximum absolute atomic E-state index is 13.7. The van der Waals surface area contributed by atoms with E-state index in [4.69, 9.17) is 0 Å². The first-order valence-electron chi connectivity index (χ1n) is 8.03. The van der Waals surface area contributed by atoms with Crippen molar-refractivity contribution in [3.05, 3.63) is 71.7 Å². The van der Waals surface area contributed by atoms with E-state index in [-0.39, 0.29) is 5.52 Å². The van der Waals surface area contributed by atoms with Gasteiger partial charge in [0.05, 0.1) is 22.4 Å². The second-order valence-corrected chi connectivity index (χ2v) is 6.15. The van der Waals surface area contributed by atoms with Crippen LogP contribution in [-0.4, -0.2) is 19.3 Å². The third-order valence-electron chi connectivity index (χ3n) is 4.13. The number of para-hydroxylation sites is 2. The van der Waals surface area contributed by atoms with Crippen molar-refractivity contribution in [1.29, 1.82) is 0 Å². The molecule has 0 unspecified atom stereocenters. The van der Waals surface area contributed by atoms with Crippen LogP contribution in [0, 0.1) is 13.8 Å². The molecule has 4 rings (SSSR count). The molecule has 0 saturated carbocycles. The van der Waals surface area contributed by atoms with E-state index in [1.54, 1.807) is 37.3 Å². The summed E-state index contributed by atoms with van der Waals surface area (Å²) >= 11 is 0. The zero-order valence-corrected chi connectivity index (χ0v) is 14.1. The van der Waals surface area contributed by atoms with Gasteiger partial charge in [-0.25, -0.2) is 9.67 Å². The van der Waals surface area contributed by atoms with Gasteiger partial charge in [-0.05, 0) is 38.1 Å². The molecule has 4 nitrogen and oxygen atoms in total. The Morgan fingerprint density at radius 1 is 0.923 bits per heavy atom. The average molecular weight is 356 g/mol. The van der Waals surface area contributed by atoms with Gasteiger partial charge in [-0.2, -0.15) is 18.3 Å². The van der Waals surface area contributed by atoms with Crippen molar-refractivity contribution < 1.29 is 13.2 Å². The van der Waals surface area contributed by atoms with Gasteiger partial charge in [0.1, 0.15) is 5.82 Å². The van der Waals surface area contributed by atoms with Gasteiger partial charge < -0.3 is 0 Å². The van der Waals surface area contributed by atoms with Crippen molar-refractivity contribution in [2.45, 2.75) is 20.0 Å². The fraction of sp³-hybridized carbons (Fsp3) is 0.158. The molecule has 0 spiro atoms. The Balaban J connectivity index is 2.04. The average Bonchev–Trinajstić information content (AvgIpc) is 3.15. The SMILES string of the molecule is Cc1ccc(-n2nc(C)cc2-n2c(C(F)(F)F)nc3ccccc32)cc1. The van der Waals surface area contributed by atoms with Crippen LogP contribution in [0.2, 0.25) is 0 Å². The van der Waals surface area contributed by atoms with Crippen LogP contribution in [0.4, 0.5) is 13.2 Å². The largest absolute Gasteiger partial charge is 0.450 e. The molecule has 2 aromatic carbocycles. The predicted molar refractivity (Wildman–Crippen MR) is 92.7 cm³/mol. The maximum atomic E-state index is 13.7. The summed E-state index contributed by atoms with van der Waals surface area (Å²) < 4.78 is 43.6. The van der Waals surface area contributed by atoms with E-state index < -0.39 is 12.0 Å². The highest BCUT2D eigenvalue weighted by Gasteiger charge is 2.38.